The summed E-state index contributed by atoms with van der Waals surface area (Å²) in [6.07, 6.45) is 4.77. The number of carbonyl (C=O) groups is 2. The first-order valence-electron chi connectivity index (χ1n) is 12.5. The third-order valence-electron chi connectivity index (χ3n) is 5.42. The molecule has 1 aromatic heterocycles. The van der Waals surface area contributed by atoms with Crippen molar-refractivity contribution >= 4 is 17.9 Å². The molecule has 39 heavy (non-hydrogen) atoms. The van der Waals surface area contributed by atoms with Crippen molar-refractivity contribution in [3.05, 3.63) is 67.5 Å². The molecule has 11 heteroatoms. The fraction of sp³-hybridized carbons (Fsp3) is 0.429. The third-order valence-corrected chi connectivity index (χ3v) is 5.42. The zero-order valence-corrected chi connectivity index (χ0v) is 27.1. The zero-order chi connectivity index (χ0) is 29.3. The third kappa shape index (κ3) is 14.9. The molecule has 5 N–H and O–H groups in total. The van der Waals surface area contributed by atoms with Crippen molar-refractivity contribution < 1.29 is 48.1 Å². The summed E-state index contributed by atoms with van der Waals surface area (Å²) < 4.78 is 9.91. The Morgan fingerprint density at radius 2 is 2.03 bits per heavy atom. The van der Waals surface area contributed by atoms with Gasteiger partial charge in [-0.2, -0.15) is 6.07 Å². The molecular weight excluding hydrogens is 722 g/mol. The molecule has 10 nitrogen and oxygen atoms in total. The van der Waals surface area contributed by atoms with Crippen molar-refractivity contribution in [1.82, 2.24) is 20.5 Å². The first-order chi connectivity index (χ1) is 18.5. The van der Waals surface area contributed by atoms with E-state index < -0.39 is 18.1 Å². The number of carbonyl (C=O) groups excluding carboxylic acids is 1. The number of aromatic nitrogens is 1. The van der Waals surface area contributed by atoms with Crippen LogP contribution in [0, 0.1) is 45.1 Å². The quantitative estimate of drug-likeness (QED) is 0.132. The zero-order valence-electron chi connectivity index (χ0n) is 22.9. The van der Waals surface area contributed by atoms with Crippen molar-refractivity contribution in [3.63, 3.8) is 0 Å². The van der Waals surface area contributed by atoms with Gasteiger partial charge in [0.15, 0.2) is 6.04 Å². The Balaban J connectivity index is 0.000000821. The van der Waals surface area contributed by atoms with Crippen LogP contribution in [0.1, 0.15) is 39.2 Å². The average molecular weight is 762 g/mol. The maximum Gasteiger partial charge on any atom is -0.0558 e. The molecule has 0 radical (unpaired) electrons. The molecule has 211 valence electrons. The minimum atomic E-state index is -1.04. The molecule has 1 amide bonds. The molecule has 2 atom stereocenters. The number of aliphatic carboxylic acids is 1. The number of likely N-dealkylation sites (tertiary alicyclic amines) is 1. The van der Waals surface area contributed by atoms with E-state index in [9.17, 15) is 14.7 Å². The van der Waals surface area contributed by atoms with E-state index in [0.717, 1.165) is 24.9 Å². The van der Waals surface area contributed by atoms with Crippen LogP contribution in [0.15, 0.2) is 53.8 Å². The average Bonchev–Trinajstić information content (AvgIpc) is 3.35. The first-order valence-corrected chi connectivity index (χ1v) is 14.9. The van der Waals surface area contributed by atoms with Gasteiger partial charge in [-0.05, 0) is 57.9 Å². The summed E-state index contributed by atoms with van der Waals surface area (Å²) in [7, 11) is 3.92. The van der Waals surface area contributed by atoms with E-state index in [0.29, 0.717) is 53.4 Å². The van der Waals surface area contributed by atoms with Crippen molar-refractivity contribution in [2.75, 3.05) is 19.6 Å². The van der Waals surface area contributed by atoms with Gasteiger partial charge in [0.25, 0.3) is 0 Å². The Labute approximate surface area is 250 Å². The standard InChI is InChI=1S/C22H34N5O4.C5H4N.CH.U/c1-22(2,3)25-12-11-24-21(30)31-16-9-7-15(8-10-16)14-17(20(28)29)26-19(23)18-6-5-13-27(18)4;1-2-4-6-5-3-1;;/h7-10,17-18,25H,4-6,11-14H2,1-3H3,(H2,23,26)(H,24,30)(H,28,29);1-2,4-5H;1H;/q2*-1;;/t17-,18-;;;/m0.../s1. The van der Waals surface area contributed by atoms with Crippen molar-refractivity contribution in [3.8, 4) is 9.07 Å². The molecule has 0 unspecified atom stereocenters. The number of pyridine rings is 1. The molecular formula is C28H39N6O4U-2. The van der Waals surface area contributed by atoms with Gasteiger partial charge in [-0.25, -0.2) is 21.7 Å². The molecule has 1 aromatic carbocycles. The summed E-state index contributed by atoms with van der Waals surface area (Å²) in [5, 5.41) is 15.5. The van der Waals surface area contributed by atoms with Crippen molar-refractivity contribution in [2.24, 2.45) is 10.7 Å². The molecule has 0 spiro atoms. The van der Waals surface area contributed by atoms with Gasteiger partial charge in [-0.15, -0.1) is 0 Å². The van der Waals surface area contributed by atoms with Gasteiger partial charge in [0.2, 0.25) is 0 Å². The SMILES string of the molecule is [CH2-]N1CCC[C@H]1C(N)=N[C@@H](Cc1ccc(OC(=O)NCCNC(C)(C)C)cc1)C(=O)O.[CH]#[U].[c-]1cccnc1. The van der Waals surface area contributed by atoms with Crippen LogP contribution < -0.4 is 21.1 Å². The number of nitrogens with zero attached hydrogens (tertiary/aromatic N) is 3. The van der Waals surface area contributed by atoms with E-state index in [-0.39, 0.29) is 18.0 Å². The van der Waals surface area contributed by atoms with Crippen LogP contribution in [0.25, 0.3) is 0 Å². The van der Waals surface area contributed by atoms with Gasteiger partial charge in [-0.1, -0.05) is 24.5 Å². The number of amides is 1. The van der Waals surface area contributed by atoms with Gasteiger partial charge in [0.05, 0.1) is 0 Å². The van der Waals surface area contributed by atoms with Gasteiger partial charge in [0.1, 0.15) is 11.6 Å². The molecule has 1 saturated heterocycles. The Morgan fingerprint density at radius 3 is 2.49 bits per heavy atom. The Hall–Kier alpha value is -2.67. The number of carboxylic acids is 1. The Morgan fingerprint density at radius 1 is 1.33 bits per heavy atom. The molecule has 2 aromatic rings. The summed E-state index contributed by atoms with van der Waals surface area (Å²) >= 11 is 0.658. The second kappa shape index (κ2) is 18.6. The summed E-state index contributed by atoms with van der Waals surface area (Å²) in [5.74, 6) is -0.365. The van der Waals surface area contributed by atoms with Crippen LogP contribution >= 0.6 is 0 Å². The maximum atomic E-state index is 11.9. The van der Waals surface area contributed by atoms with Gasteiger partial charge in [-0.3, -0.25) is 12.0 Å². The number of hydrogen-bond donors (Lipinski definition) is 4. The molecule has 2 heterocycles. The van der Waals surface area contributed by atoms with Gasteiger partial charge < -0.3 is 36.1 Å². The molecule has 0 saturated carbocycles. The van der Waals surface area contributed by atoms with Crippen LogP contribution in [0.4, 0.5) is 4.79 Å². The Kier molecular flexibility index (Phi) is 16.4. The minimum absolute atomic E-state index is 0.0200. The maximum absolute atomic E-state index is 11.9. The van der Waals surface area contributed by atoms with Crippen molar-refractivity contribution in [1.29, 1.82) is 0 Å². The normalized spacial score (nSPS) is 16.1. The molecule has 1 aliphatic rings. The predicted molar refractivity (Wildman–Crippen MR) is 148 cm³/mol. The number of aliphatic imine (C=N–C) groups is 1. The van der Waals surface area contributed by atoms with E-state index in [1.807, 2.05) is 37.8 Å². The summed E-state index contributed by atoms with van der Waals surface area (Å²) in [6, 6.07) is 12.0. The van der Waals surface area contributed by atoms with Crippen LogP contribution in [0.5, 0.6) is 5.75 Å². The molecule has 1 fully saturated rings. The number of benzene rings is 1. The van der Waals surface area contributed by atoms with E-state index in [2.05, 4.69) is 37.0 Å². The molecule has 1 aliphatic heterocycles. The number of nitrogens with two attached hydrogens (primary N) is 1. The monoisotopic (exact) mass is 761 g/mol. The second-order valence-electron chi connectivity index (χ2n) is 9.67. The fourth-order valence-electron chi connectivity index (χ4n) is 3.55. The smallest absolute Gasteiger partial charge is 0.0558 e. The molecule has 0 bridgehead atoms. The van der Waals surface area contributed by atoms with Gasteiger partial charge >= 0.3 is 44.1 Å². The summed E-state index contributed by atoms with van der Waals surface area (Å²) in [4.78, 5) is 33.4. The predicted octanol–water partition coefficient (Wildman–Crippen LogP) is 2.78. The van der Waals surface area contributed by atoms with Crippen LogP contribution in [0.3, 0.4) is 0 Å². The Bertz CT molecular complexity index is 1010. The van der Waals surface area contributed by atoms with E-state index >= 15 is 0 Å². The first kappa shape index (κ1) is 34.4. The number of hydrogen-bond acceptors (Lipinski definition) is 7. The van der Waals surface area contributed by atoms with E-state index in [1.165, 1.54) is 0 Å². The topological polar surface area (TPSA) is 142 Å². The summed E-state index contributed by atoms with van der Waals surface area (Å²) in [5.41, 5.74) is 6.78. The largest absolute Gasteiger partial charge is 0.304 e. The van der Waals surface area contributed by atoms with E-state index in [4.69, 9.17) is 10.5 Å². The van der Waals surface area contributed by atoms with Crippen LogP contribution in [-0.2, 0) is 11.2 Å². The second-order valence-corrected chi connectivity index (χ2v) is 9.67. The van der Waals surface area contributed by atoms with Gasteiger partial charge in [0, 0.05) is 31.1 Å². The number of amidine groups is 1. The number of carboxylic acid groups (broad SMARTS) is 1. The fourth-order valence-corrected chi connectivity index (χ4v) is 3.55. The van der Waals surface area contributed by atoms with Crippen LogP contribution in [0.2, 0.25) is 0 Å². The summed E-state index contributed by atoms with van der Waals surface area (Å²) in [6.45, 7) is 8.04. The molecule has 3 rings (SSSR count). The minimum Gasteiger partial charge on any atom is -0.304 e. The number of rotatable bonds is 9. The number of ether oxygens (including phenoxy) is 1. The van der Waals surface area contributed by atoms with Crippen LogP contribution in [-0.4, -0.2) is 70.1 Å². The number of nitrogens with one attached hydrogen (secondary N) is 2. The van der Waals surface area contributed by atoms with E-state index in [1.54, 1.807) is 36.7 Å². The molecule has 0 aliphatic carbocycles. The van der Waals surface area contributed by atoms with Crippen molar-refractivity contribution in [2.45, 2.75) is 57.7 Å².